The molecule has 0 aliphatic carbocycles. The van der Waals surface area contributed by atoms with Crippen molar-refractivity contribution in [2.24, 2.45) is 0 Å². The third-order valence-electron chi connectivity index (χ3n) is 4.81. The average Bonchev–Trinajstić information content (AvgIpc) is 2.97. The first-order valence-electron chi connectivity index (χ1n) is 8.67. The molecule has 2 aromatic carbocycles. The summed E-state index contributed by atoms with van der Waals surface area (Å²) in [6.07, 6.45) is 0.749. The van der Waals surface area contributed by atoms with E-state index in [1.54, 1.807) is 0 Å². The van der Waals surface area contributed by atoms with Crippen LogP contribution in [0.3, 0.4) is 0 Å². The molecule has 1 N–H and O–H groups in total. The Morgan fingerprint density at radius 2 is 2.12 bits per heavy atom. The SMILES string of the molecule is CCOc1cc2c(cc1C1NC(=O)c3ccccc3N1C)OC(C)C2. The quantitative estimate of drug-likeness (QED) is 0.933. The second kappa shape index (κ2) is 5.99. The molecule has 0 fully saturated rings. The molecule has 2 atom stereocenters. The van der Waals surface area contributed by atoms with Crippen molar-refractivity contribution >= 4 is 11.6 Å². The fourth-order valence-electron chi connectivity index (χ4n) is 3.65. The van der Waals surface area contributed by atoms with Crippen LogP contribution in [-0.2, 0) is 6.42 Å². The van der Waals surface area contributed by atoms with Crippen molar-refractivity contribution in [2.75, 3.05) is 18.6 Å². The van der Waals surface area contributed by atoms with E-state index >= 15 is 0 Å². The highest BCUT2D eigenvalue weighted by Gasteiger charge is 2.33. The van der Waals surface area contributed by atoms with E-state index in [1.165, 1.54) is 0 Å². The predicted octanol–water partition coefficient (Wildman–Crippen LogP) is 3.29. The number of fused-ring (bicyclic) bond motifs is 2. The van der Waals surface area contributed by atoms with Crippen LogP contribution in [0.4, 0.5) is 5.69 Å². The minimum Gasteiger partial charge on any atom is -0.493 e. The molecule has 2 aliphatic heterocycles. The maximum absolute atomic E-state index is 12.6. The second-order valence-corrected chi connectivity index (χ2v) is 6.57. The Morgan fingerprint density at radius 1 is 1.32 bits per heavy atom. The maximum Gasteiger partial charge on any atom is 0.255 e. The molecule has 0 saturated carbocycles. The number of rotatable bonds is 3. The van der Waals surface area contributed by atoms with E-state index in [4.69, 9.17) is 9.47 Å². The van der Waals surface area contributed by atoms with Crippen LogP contribution in [0.1, 0.15) is 41.5 Å². The fraction of sp³-hybridized carbons (Fsp3) is 0.350. The molecule has 2 heterocycles. The molecule has 0 saturated heterocycles. The number of nitrogens with zero attached hydrogens (tertiary/aromatic N) is 1. The van der Waals surface area contributed by atoms with Crippen LogP contribution in [0.15, 0.2) is 36.4 Å². The van der Waals surface area contributed by atoms with Crippen molar-refractivity contribution in [2.45, 2.75) is 32.5 Å². The van der Waals surface area contributed by atoms with Crippen molar-refractivity contribution in [3.05, 3.63) is 53.1 Å². The lowest BCUT2D eigenvalue weighted by molar-refractivity contribution is 0.0927. The van der Waals surface area contributed by atoms with Gasteiger partial charge in [0.25, 0.3) is 5.91 Å². The van der Waals surface area contributed by atoms with Crippen LogP contribution in [0.5, 0.6) is 11.5 Å². The van der Waals surface area contributed by atoms with Crippen molar-refractivity contribution in [1.82, 2.24) is 5.32 Å². The van der Waals surface area contributed by atoms with Crippen LogP contribution in [-0.4, -0.2) is 25.7 Å². The third-order valence-corrected chi connectivity index (χ3v) is 4.81. The lowest BCUT2D eigenvalue weighted by Gasteiger charge is -2.37. The van der Waals surface area contributed by atoms with Crippen molar-refractivity contribution < 1.29 is 14.3 Å². The summed E-state index contributed by atoms with van der Waals surface area (Å²) in [4.78, 5) is 14.6. The Kier molecular flexibility index (Phi) is 3.79. The summed E-state index contributed by atoms with van der Waals surface area (Å²) >= 11 is 0. The summed E-state index contributed by atoms with van der Waals surface area (Å²) in [7, 11) is 1.98. The molecule has 0 spiro atoms. The summed E-state index contributed by atoms with van der Waals surface area (Å²) in [5.74, 6) is 1.61. The monoisotopic (exact) mass is 338 g/mol. The number of carbonyl (C=O) groups excluding carboxylic acids is 1. The van der Waals surface area contributed by atoms with E-state index < -0.39 is 0 Å². The Balaban J connectivity index is 1.79. The lowest BCUT2D eigenvalue weighted by Crippen LogP contribution is -2.44. The van der Waals surface area contributed by atoms with Gasteiger partial charge in [-0.15, -0.1) is 0 Å². The molecule has 0 aromatic heterocycles. The molecule has 5 nitrogen and oxygen atoms in total. The molecular formula is C20H22N2O3. The molecule has 5 heteroatoms. The molecule has 25 heavy (non-hydrogen) atoms. The summed E-state index contributed by atoms with van der Waals surface area (Å²) in [6, 6.07) is 11.7. The van der Waals surface area contributed by atoms with Crippen molar-refractivity contribution in [3.8, 4) is 11.5 Å². The Labute approximate surface area is 147 Å². The molecule has 2 unspecified atom stereocenters. The number of carbonyl (C=O) groups is 1. The number of anilines is 1. The van der Waals surface area contributed by atoms with E-state index in [0.717, 1.165) is 34.7 Å². The zero-order chi connectivity index (χ0) is 17.6. The minimum atomic E-state index is -0.297. The van der Waals surface area contributed by atoms with E-state index in [1.807, 2.05) is 44.3 Å². The van der Waals surface area contributed by atoms with Crippen molar-refractivity contribution in [1.29, 1.82) is 0 Å². The van der Waals surface area contributed by atoms with E-state index in [2.05, 4.69) is 23.2 Å². The van der Waals surface area contributed by atoms with Gasteiger partial charge in [-0.25, -0.2) is 0 Å². The number of ether oxygens (including phenoxy) is 2. The number of hydrogen-bond acceptors (Lipinski definition) is 4. The van der Waals surface area contributed by atoms with Crippen LogP contribution in [0.2, 0.25) is 0 Å². The third kappa shape index (κ3) is 2.60. The van der Waals surface area contributed by atoms with E-state index in [9.17, 15) is 4.79 Å². The largest absolute Gasteiger partial charge is 0.493 e. The normalized spacial score (nSPS) is 21.2. The van der Waals surface area contributed by atoms with Gasteiger partial charge in [-0.2, -0.15) is 0 Å². The molecule has 2 aromatic rings. The molecular weight excluding hydrogens is 316 g/mol. The molecule has 0 bridgehead atoms. The summed E-state index contributed by atoms with van der Waals surface area (Å²) in [5.41, 5.74) is 3.67. The summed E-state index contributed by atoms with van der Waals surface area (Å²) in [6.45, 7) is 4.60. The summed E-state index contributed by atoms with van der Waals surface area (Å²) in [5, 5.41) is 3.09. The van der Waals surface area contributed by atoms with Gasteiger partial charge in [0.15, 0.2) is 0 Å². The molecule has 130 valence electrons. The lowest BCUT2D eigenvalue weighted by atomic mass is 10.0. The highest BCUT2D eigenvalue weighted by atomic mass is 16.5. The van der Waals surface area contributed by atoms with Crippen molar-refractivity contribution in [3.63, 3.8) is 0 Å². The van der Waals surface area contributed by atoms with Gasteiger partial charge in [0.2, 0.25) is 0 Å². The zero-order valence-corrected chi connectivity index (χ0v) is 14.7. The smallest absolute Gasteiger partial charge is 0.255 e. The van der Waals surface area contributed by atoms with Gasteiger partial charge in [-0.3, -0.25) is 4.79 Å². The van der Waals surface area contributed by atoms with Crippen LogP contribution in [0, 0.1) is 0 Å². The number of para-hydroxylation sites is 1. The molecule has 2 aliphatic rings. The van der Waals surface area contributed by atoms with Gasteiger partial charge in [-0.1, -0.05) is 12.1 Å². The average molecular weight is 338 g/mol. The van der Waals surface area contributed by atoms with E-state index in [0.29, 0.717) is 12.2 Å². The van der Waals surface area contributed by atoms with Crippen LogP contribution >= 0.6 is 0 Å². The minimum absolute atomic E-state index is 0.0732. The molecule has 0 radical (unpaired) electrons. The Morgan fingerprint density at radius 3 is 2.92 bits per heavy atom. The van der Waals surface area contributed by atoms with Gasteiger partial charge in [0.05, 0.1) is 17.9 Å². The first-order chi connectivity index (χ1) is 12.1. The molecule has 4 rings (SSSR count). The van der Waals surface area contributed by atoms with Gasteiger partial charge in [0, 0.05) is 24.6 Å². The topological polar surface area (TPSA) is 50.8 Å². The number of benzene rings is 2. The zero-order valence-electron chi connectivity index (χ0n) is 14.7. The number of hydrogen-bond donors (Lipinski definition) is 1. The first kappa shape index (κ1) is 15.8. The highest BCUT2D eigenvalue weighted by molar-refractivity contribution is 6.02. The number of amides is 1. The van der Waals surface area contributed by atoms with Gasteiger partial charge in [0.1, 0.15) is 23.8 Å². The number of nitrogens with one attached hydrogen (secondary N) is 1. The maximum atomic E-state index is 12.6. The second-order valence-electron chi connectivity index (χ2n) is 6.57. The fourth-order valence-corrected chi connectivity index (χ4v) is 3.65. The Hall–Kier alpha value is -2.69. The van der Waals surface area contributed by atoms with Gasteiger partial charge >= 0.3 is 0 Å². The van der Waals surface area contributed by atoms with Gasteiger partial charge < -0.3 is 19.7 Å². The predicted molar refractivity (Wildman–Crippen MR) is 96.5 cm³/mol. The highest BCUT2D eigenvalue weighted by Crippen LogP contribution is 2.41. The van der Waals surface area contributed by atoms with Gasteiger partial charge in [-0.05, 0) is 38.1 Å². The van der Waals surface area contributed by atoms with Crippen LogP contribution < -0.4 is 19.7 Å². The Bertz CT molecular complexity index is 834. The molecule has 1 amide bonds. The van der Waals surface area contributed by atoms with E-state index in [-0.39, 0.29) is 18.2 Å². The van der Waals surface area contributed by atoms with Crippen LogP contribution in [0.25, 0.3) is 0 Å². The standard InChI is InChI=1S/C20H22N2O3/c1-4-24-18-10-13-9-12(2)25-17(13)11-15(18)19-21-20(23)14-7-5-6-8-16(14)22(19)3/h5-8,10-12,19H,4,9H2,1-3H3,(H,21,23). The summed E-state index contributed by atoms with van der Waals surface area (Å²) < 4.78 is 11.8. The first-order valence-corrected chi connectivity index (χ1v) is 8.67.